The second-order valence-electron chi connectivity index (χ2n) is 5.92. The van der Waals surface area contributed by atoms with Crippen molar-refractivity contribution in [3.63, 3.8) is 0 Å². The van der Waals surface area contributed by atoms with E-state index in [-0.39, 0.29) is 11.6 Å². The molecule has 1 heterocycles. The number of non-ortho nitro benzene ring substituents is 1. The van der Waals surface area contributed by atoms with Gasteiger partial charge in [-0.2, -0.15) is 0 Å². The Morgan fingerprint density at radius 1 is 1.18 bits per heavy atom. The highest BCUT2D eigenvalue weighted by Gasteiger charge is 2.18. The third kappa shape index (κ3) is 5.27. The Kier molecular flexibility index (Phi) is 6.22. The van der Waals surface area contributed by atoms with Gasteiger partial charge in [0, 0.05) is 23.5 Å². The van der Waals surface area contributed by atoms with Crippen LogP contribution in [0.2, 0.25) is 0 Å². The maximum atomic E-state index is 12.4. The number of carbonyl (C=O) groups excluding carboxylic acids is 1. The molecule has 1 amide bonds. The lowest BCUT2D eigenvalue weighted by Crippen LogP contribution is -2.22. The summed E-state index contributed by atoms with van der Waals surface area (Å²) in [5.74, 6) is -0.270. The van der Waals surface area contributed by atoms with Crippen LogP contribution in [0.15, 0.2) is 52.9 Å². The summed E-state index contributed by atoms with van der Waals surface area (Å²) >= 11 is 2.63. The van der Waals surface area contributed by atoms with Crippen molar-refractivity contribution in [1.29, 1.82) is 0 Å². The first-order chi connectivity index (χ1) is 13.4. The van der Waals surface area contributed by atoms with Gasteiger partial charge in [0.15, 0.2) is 4.34 Å². The molecule has 144 valence electrons. The van der Waals surface area contributed by atoms with E-state index in [9.17, 15) is 14.9 Å². The molecule has 28 heavy (non-hydrogen) atoms. The predicted octanol–water partition coefficient (Wildman–Crippen LogP) is 4.62. The van der Waals surface area contributed by atoms with Crippen LogP contribution in [0, 0.1) is 17.0 Å². The van der Waals surface area contributed by atoms with Crippen molar-refractivity contribution < 1.29 is 9.72 Å². The van der Waals surface area contributed by atoms with E-state index in [1.807, 2.05) is 31.2 Å². The topological polar surface area (TPSA) is 110 Å². The van der Waals surface area contributed by atoms with Crippen molar-refractivity contribution in [2.24, 2.45) is 0 Å². The summed E-state index contributed by atoms with van der Waals surface area (Å²) in [4.78, 5) is 22.7. The molecule has 1 atom stereocenters. The Hall–Kier alpha value is -2.98. The molecule has 3 aromatic rings. The fraction of sp³-hybridized carbons (Fsp3) is 0.167. The summed E-state index contributed by atoms with van der Waals surface area (Å²) < 4.78 is 0.650. The second kappa shape index (κ2) is 8.81. The van der Waals surface area contributed by atoms with Gasteiger partial charge in [0.1, 0.15) is 0 Å². The summed E-state index contributed by atoms with van der Waals surface area (Å²) in [6.45, 7) is 3.75. The first-order valence-corrected chi connectivity index (χ1v) is 9.99. The Balaban J connectivity index is 1.59. The molecule has 0 fully saturated rings. The van der Waals surface area contributed by atoms with Crippen LogP contribution in [-0.4, -0.2) is 26.3 Å². The molecule has 1 unspecified atom stereocenters. The van der Waals surface area contributed by atoms with Crippen molar-refractivity contribution in [1.82, 2.24) is 10.2 Å². The van der Waals surface area contributed by atoms with Crippen LogP contribution >= 0.6 is 23.1 Å². The van der Waals surface area contributed by atoms with Crippen LogP contribution in [0.5, 0.6) is 0 Å². The Morgan fingerprint density at radius 3 is 2.68 bits per heavy atom. The molecule has 3 rings (SSSR count). The summed E-state index contributed by atoms with van der Waals surface area (Å²) in [5, 5.41) is 25.1. The lowest BCUT2D eigenvalue weighted by Gasteiger charge is -2.10. The number of hydrogen-bond donors (Lipinski definition) is 2. The first kappa shape index (κ1) is 19.8. The number of nitrogens with one attached hydrogen (secondary N) is 2. The summed E-state index contributed by atoms with van der Waals surface area (Å²) in [5.41, 5.74) is 2.36. The van der Waals surface area contributed by atoms with E-state index in [1.54, 1.807) is 13.0 Å². The molecule has 0 saturated carbocycles. The maximum absolute atomic E-state index is 12.4. The molecule has 0 saturated heterocycles. The molecule has 0 bridgehead atoms. The zero-order chi connectivity index (χ0) is 20.1. The molecule has 2 aromatic carbocycles. The van der Waals surface area contributed by atoms with E-state index in [1.165, 1.54) is 41.3 Å². The zero-order valence-corrected chi connectivity index (χ0v) is 16.7. The predicted molar refractivity (Wildman–Crippen MR) is 111 cm³/mol. The number of amides is 1. The number of aromatic nitrogens is 2. The van der Waals surface area contributed by atoms with Crippen molar-refractivity contribution in [3.05, 3.63) is 64.2 Å². The lowest BCUT2D eigenvalue weighted by atomic mass is 10.2. The quantitative estimate of drug-likeness (QED) is 0.329. The minimum atomic E-state index is -0.502. The minimum Gasteiger partial charge on any atom is -0.330 e. The number of nitrogens with zero attached hydrogens (tertiary/aromatic N) is 3. The lowest BCUT2D eigenvalue weighted by molar-refractivity contribution is -0.384. The van der Waals surface area contributed by atoms with E-state index < -0.39 is 10.2 Å². The molecule has 10 heteroatoms. The van der Waals surface area contributed by atoms with Gasteiger partial charge in [0.2, 0.25) is 11.0 Å². The number of nitro groups is 1. The van der Waals surface area contributed by atoms with Gasteiger partial charge in [0.25, 0.3) is 5.69 Å². The fourth-order valence-electron chi connectivity index (χ4n) is 2.30. The minimum absolute atomic E-state index is 0.0749. The van der Waals surface area contributed by atoms with Crippen molar-refractivity contribution in [2.75, 3.05) is 10.6 Å². The van der Waals surface area contributed by atoms with Gasteiger partial charge in [-0.15, -0.1) is 10.2 Å². The highest BCUT2D eigenvalue weighted by molar-refractivity contribution is 8.02. The molecular formula is C18H17N5O3S2. The third-order valence-electron chi connectivity index (χ3n) is 3.65. The Morgan fingerprint density at radius 2 is 1.93 bits per heavy atom. The number of carbonyl (C=O) groups is 1. The van der Waals surface area contributed by atoms with Crippen LogP contribution in [0.1, 0.15) is 12.5 Å². The van der Waals surface area contributed by atoms with Crippen LogP contribution in [0.3, 0.4) is 0 Å². The molecule has 0 radical (unpaired) electrons. The summed E-state index contributed by atoms with van der Waals surface area (Å²) in [6, 6.07) is 13.7. The van der Waals surface area contributed by atoms with Crippen molar-refractivity contribution >= 4 is 51.2 Å². The largest absolute Gasteiger partial charge is 0.330 e. The number of benzene rings is 2. The number of rotatable bonds is 7. The van der Waals surface area contributed by atoms with Crippen LogP contribution in [0.25, 0.3) is 0 Å². The molecule has 2 N–H and O–H groups in total. The van der Waals surface area contributed by atoms with E-state index in [2.05, 4.69) is 20.8 Å². The number of hydrogen-bond acceptors (Lipinski definition) is 8. The third-order valence-corrected chi connectivity index (χ3v) is 5.67. The maximum Gasteiger partial charge on any atom is 0.271 e. The van der Waals surface area contributed by atoms with Gasteiger partial charge in [-0.3, -0.25) is 14.9 Å². The SMILES string of the molecule is Cc1cccc(Nc2nnc(SC(C)C(=O)Nc3cccc([N+](=O)[O-])c3)s2)c1. The van der Waals surface area contributed by atoms with Gasteiger partial charge in [-0.1, -0.05) is 41.3 Å². The van der Waals surface area contributed by atoms with E-state index in [0.717, 1.165) is 11.3 Å². The number of thioether (sulfide) groups is 1. The summed E-state index contributed by atoms with van der Waals surface area (Å²) in [7, 11) is 0. The standard InChI is InChI=1S/C18H17N5O3S2/c1-11-5-3-6-13(9-11)20-17-21-22-18(28-17)27-12(2)16(24)19-14-7-4-8-15(10-14)23(25)26/h3-10,12H,1-2H3,(H,19,24)(H,20,21). The number of aryl methyl sites for hydroxylation is 1. The van der Waals surface area contributed by atoms with E-state index in [0.29, 0.717) is 15.2 Å². The summed E-state index contributed by atoms with van der Waals surface area (Å²) in [6.07, 6.45) is 0. The molecule has 0 aliphatic heterocycles. The van der Waals surface area contributed by atoms with Crippen LogP contribution in [0.4, 0.5) is 22.2 Å². The molecule has 1 aromatic heterocycles. The highest BCUT2D eigenvalue weighted by atomic mass is 32.2. The van der Waals surface area contributed by atoms with E-state index >= 15 is 0 Å². The smallest absolute Gasteiger partial charge is 0.271 e. The average Bonchev–Trinajstić information content (AvgIpc) is 3.08. The molecule has 0 aliphatic rings. The molecular weight excluding hydrogens is 398 g/mol. The van der Waals surface area contributed by atoms with Crippen molar-refractivity contribution in [2.45, 2.75) is 23.4 Å². The average molecular weight is 416 g/mol. The monoisotopic (exact) mass is 415 g/mol. The zero-order valence-electron chi connectivity index (χ0n) is 15.1. The van der Waals surface area contributed by atoms with Crippen LogP contribution < -0.4 is 10.6 Å². The molecule has 8 nitrogen and oxygen atoms in total. The van der Waals surface area contributed by atoms with Gasteiger partial charge in [-0.05, 0) is 37.6 Å². The normalized spacial score (nSPS) is 11.6. The first-order valence-electron chi connectivity index (χ1n) is 8.30. The number of anilines is 3. The van der Waals surface area contributed by atoms with Gasteiger partial charge in [0.05, 0.1) is 10.2 Å². The van der Waals surface area contributed by atoms with Gasteiger partial charge < -0.3 is 10.6 Å². The molecule has 0 aliphatic carbocycles. The Bertz CT molecular complexity index is 1010. The van der Waals surface area contributed by atoms with E-state index in [4.69, 9.17) is 0 Å². The second-order valence-corrected chi connectivity index (χ2v) is 8.49. The molecule has 0 spiro atoms. The van der Waals surface area contributed by atoms with Gasteiger partial charge >= 0.3 is 0 Å². The van der Waals surface area contributed by atoms with Crippen molar-refractivity contribution in [3.8, 4) is 0 Å². The fourth-order valence-corrected chi connectivity index (χ4v) is 4.22. The number of nitro benzene ring substituents is 1. The highest BCUT2D eigenvalue weighted by Crippen LogP contribution is 2.31. The van der Waals surface area contributed by atoms with Crippen LogP contribution in [-0.2, 0) is 4.79 Å². The Labute approximate surface area is 169 Å². The van der Waals surface area contributed by atoms with Gasteiger partial charge in [-0.25, -0.2) is 0 Å².